The summed E-state index contributed by atoms with van der Waals surface area (Å²) in [5.74, 6) is -0.305. The monoisotopic (exact) mass is 262 g/mol. The number of oxazole rings is 1. The molecule has 0 aliphatic rings. The van der Waals surface area contributed by atoms with E-state index in [0.717, 1.165) is 31.3 Å². The SMILES string of the molecule is CCCNC(CCC)c1ccc2c(c1)oc(=O)n2C. The van der Waals surface area contributed by atoms with Crippen molar-refractivity contribution in [1.82, 2.24) is 9.88 Å². The van der Waals surface area contributed by atoms with Crippen LogP contribution >= 0.6 is 0 Å². The van der Waals surface area contributed by atoms with Gasteiger partial charge in [-0.1, -0.05) is 26.3 Å². The zero-order valence-electron chi connectivity index (χ0n) is 11.9. The Bertz CT molecular complexity index is 598. The summed E-state index contributed by atoms with van der Waals surface area (Å²) < 4.78 is 6.79. The second kappa shape index (κ2) is 6.06. The van der Waals surface area contributed by atoms with Gasteiger partial charge < -0.3 is 9.73 Å². The van der Waals surface area contributed by atoms with Gasteiger partial charge >= 0.3 is 5.76 Å². The molecule has 1 N–H and O–H groups in total. The maximum absolute atomic E-state index is 11.5. The Hall–Kier alpha value is -1.55. The predicted octanol–water partition coefficient (Wildman–Crippen LogP) is 2.97. The topological polar surface area (TPSA) is 47.2 Å². The fraction of sp³-hybridized carbons (Fsp3) is 0.533. The maximum Gasteiger partial charge on any atom is 0.419 e. The number of aromatic nitrogens is 1. The number of benzene rings is 1. The van der Waals surface area contributed by atoms with Crippen LogP contribution in [0.5, 0.6) is 0 Å². The first-order chi connectivity index (χ1) is 9.17. The molecule has 0 bridgehead atoms. The van der Waals surface area contributed by atoms with E-state index in [-0.39, 0.29) is 5.76 Å². The van der Waals surface area contributed by atoms with E-state index in [9.17, 15) is 4.79 Å². The highest BCUT2D eigenvalue weighted by molar-refractivity contribution is 5.73. The highest BCUT2D eigenvalue weighted by atomic mass is 16.4. The van der Waals surface area contributed by atoms with Crippen molar-refractivity contribution in [3.63, 3.8) is 0 Å². The lowest BCUT2D eigenvalue weighted by Crippen LogP contribution is -2.21. The molecule has 19 heavy (non-hydrogen) atoms. The molecular weight excluding hydrogens is 240 g/mol. The van der Waals surface area contributed by atoms with Crippen molar-refractivity contribution in [2.24, 2.45) is 7.05 Å². The maximum atomic E-state index is 11.5. The largest absolute Gasteiger partial charge is 0.419 e. The fourth-order valence-corrected chi connectivity index (χ4v) is 2.36. The van der Waals surface area contributed by atoms with E-state index in [1.54, 1.807) is 7.05 Å². The molecule has 2 rings (SSSR count). The van der Waals surface area contributed by atoms with Crippen LogP contribution in [0.1, 0.15) is 44.7 Å². The molecule has 0 aliphatic heterocycles. The summed E-state index contributed by atoms with van der Waals surface area (Å²) in [7, 11) is 1.73. The summed E-state index contributed by atoms with van der Waals surface area (Å²) in [6.07, 6.45) is 3.32. The second-order valence-corrected chi connectivity index (χ2v) is 4.95. The molecule has 2 aromatic rings. The van der Waals surface area contributed by atoms with Gasteiger partial charge in [0.25, 0.3) is 0 Å². The average molecular weight is 262 g/mol. The van der Waals surface area contributed by atoms with E-state index in [0.29, 0.717) is 11.6 Å². The van der Waals surface area contributed by atoms with Crippen LogP contribution in [-0.2, 0) is 7.05 Å². The van der Waals surface area contributed by atoms with E-state index in [1.807, 2.05) is 12.1 Å². The standard InChI is InChI=1S/C15H22N2O2/c1-4-6-12(16-9-5-2)11-7-8-13-14(10-11)19-15(18)17(13)3/h7-8,10,12,16H,4-6,9H2,1-3H3. The third kappa shape index (κ3) is 2.89. The molecule has 0 fully saturated rings. The van der Waals surface area contributed by atoms with Crippen LogP contribution < -0.4 is 11.1 Å². The second-order valence-electron chi connectivity index (χ2n) is 4.95. The van der Waals surface area contributed by atoms with Gasteiger partial charge in [0.1, 0.15) is 0 Å². The lowest BCUT2D eigenvalue weighted by molar-refractivity contribution is 0.492. The smallest absolute Gasteiger partial charge is 0.408 e. The van der Waals surface area contributed by atoms with E-state index >= 15 is 0 Å². The van der Waals surface area contributed by atoms with Gasteiger partial charge in [0.2, 0.25) is 0 Å². The van der Waals surface area contributed by atoms with Gasteiger partial charge in [-0.25, -0.2) is 4.79 Å². The normalized spacial score (nSPS) is 13.0. The molecule has 1 aromatic heterocycles. The zero-order chi connectivity index (χ0) is 13.8. The van der Waals surface area contributed by atoms with Gasteiger partial charge in [-0.05, 0) is 37.1 Å². The number of aryl methyl sites for hydroxylation is 1. The molecule has 0 spiro atoms. The quantitative estimate of drug-likeness (QED) is 0.870. The Labute approximate surface area is 113 Å². The van der Waals surface area contributed by atoms with Crippen molar-refractivity contribution in [2.75, 3.05) is 6.54 Å². The molecule has 1 atom stereocenters. The minimum atomic E-state index is -0.305. The van der Waals surface area contributed by atoms with Crippen LogP contribution in [0.15, 0.2) is 27.4 Å². The van der Waals surface area contributed by atoms with Crippen molar-refractivity contribution in [3.8, 4) is 0 Å². The molecule has 4 nitrogen and oxygen atoms in total. The molecule has 104 valence electrons. The Morgan fingerprint density at radius 3 is 2.79 bits per heavy atom. The molecule has 0 amide bonds. The molecule has 1 unspecified atom stereocenters. The third-order valence-corrected chi connectivity index (χ3v) is 3.44. The number of rotatable bonds is 6. The van der Waals surface area contributed by atoms with Gasteiger partial charge in [0.05, 0.1) is 5.52 Å². The molecule has 1 heterocycles. The van der Waals surface area contributed by atoms with Crippen molar-refractivity contribution < 1.29 is 4.42 Å². The number of nitrogens with one attached hydrogen (secondary N) is 1. The average Bonchev–Trinajstić information content (AvgIpc) is 2.69. The molecular formula is C15H22N2O2. The molecule has 0 aliphatic carbocycles. The first-order valence-electron chi connectivity index (χ1n) is 7.00. The lowest BCUT2D eigenvalue weighted by Gasteiger charge is -2.18. The highest BCUT2D eigenvalue weighted by Crippen LogP contribution is 2.22. The minimum absolute atomic E-state index is 0.305. The van der Waals surface area contributed by atoms with Crippen LogP contribution in [0.25, 0.3) is 11.1 Å². The number of hydrogen-bond donors (Lipinski definition) is 1. The molecule has 1 aromatic carbocycles. The van der Waals surface area contributed by atoms with Crippen LogP contribution in [0.3, 0.4) is 0 Å². The van der Waals surface area contributed by atoms with Crippen LogP contribution in [-0.4, -0.2) is 11.1 Å². The Balaban J connectivity index is 2.34. The van der Waals surface area contributed by atoms with E-state index < -0.39 is 0 Å². The van der Waals surface area contributed by atoms with Crippen molar-refractivity contribution >= 4 is 11.1 Å². The van der Waals surface area contributed by atoms with Gasteiger partial charge in [0.15, 0.2) is 5.58 Å². The first kappa shape index (κ1) is 13.9. The highest BCUT2D eigenvalue weighted by Gasteiger charge is 2.12. The van der Waals surface area contributed by atoms with E-state index in [1.165, 1.54) is 10.1 Å². The fourth-order valence-electron chi connectivity index (χ4n) is 2.36. The van der Waals surface area contributed by atoms with Crippen LogP contribution in [0.2, 0.25) is 0 Å². The number of fused-ring (bicyclic) bond motifs is 1. The first-order valence-corrected chi connectivity index (χ1v) is 7.00. The summed E-state index contributed by atoms with van der Waals surface area (Å²) in [4.78, 5) is 11.5. The summed E-state index contributed by atoms with van der Waals surface area (Å²) in [5, 5.41) is 3.55. The third-order valence-electron chi connectivity index (χ3n) is 3.44. The number of hydrogen-bond acceptors (Lipinski definition) is 3. The van der Waals surface area contributed by atoms with Gasteiger partial charge in [0, 0.05) is 13.1 Å². The van der Waals surface area contributed by atoms with Crippen LogP contribution in [0, 0.1) is 0 Å². The molecule has 0 saturated carbocycles. The van der Waals surface area contributed by atoms with Gasteiger partial charge in [-0.15, -0.1) is 0 Å². The van der Waals surface area contributed by atoms with Crippen molar-refractivity contribution in [1.29, 1.82) is 0 Å². The molecule has 0 radical (unpaired) electrons. The Kier molecular flexibility index (Phi) is 4.43. The van der Waals surface area contributed by atoms with E-state index in [2.05, 4.69) is 25.2 Å². The summed E-state index contributed by atoms with van der Waals surface area (Å²) in [6, 6.07) is 6.37. The van der Waals surface area contributed by atoms with Crippen molar-refractivity contribution in [2.45, 2.75) is 39.2 Å². The van der Waals surface area contributed by atoms with Crippen molar-refractivity contribution in [3.05, 3.63) is 34.3 Å². The van der Waals surface area contributed by atoms with E-state index in [4.69, 9.17) is 4.42 Å². The summed E-state index contributed by atoms with van der Waals surface area (Å²) in [5.41, 5.74) is 2.71. The number of nitrogens with zero attached hydrogens (tertiary/aromatic N) is 1. The van der Waals surface area contributed by atoms with Crippen LogP contribution in [0.4, 0.5) is 0 Å². The minimum Gasteiger partial charge on any atom is -0.408 e. The molecule has 4 heteroatoms. The summed E-state index contributed by atoms with van der Waals surface area (Å²) in [6.45, 7) is 5.35. The lowest BCUT2D eigenvalue weighted by atomic mass is 10.0. The predicted molar refractivity (Wildman–Crippen MR) is 77.4 cm³/mol. The Morgan fingerprint density at radius 2 is 2.11 bits per heavy atom. The van der Waals surface area contributed by atoms with Gasteiger partial charge in [-0.2, -0.15) is 0 Å². The molecule has 0 saturated heterocycles. The zero-order valence-corrected chi connectivity index (χ0v) is 11.9. The Morgan fingerprint density at radius 1 is 1.32 bits per heavy atom. The summed E-state index contributed by atoms with van der Waals surface area (Å²) >= 11 is 0. The van der Waals surface area contributed by atoms with Gasteiger partial charge in [-0.3, -0.25) is 4.57 Å².